The fraction of sp³-hybridized carbons (Fsp3) is 0.500. The molecule has 3 fully saturated rings. The Hall–Kier alpha value is -0.580. The molecule has 3 aliphatic rings. The number of anilines is 1. The number of fused-ring (bicyclic) bond motifs is 3. The number of ether oxygens (including phenoxy) is 1. The normalized spacial score (nSPS) is 33.7. The fourth-order valence-corrected chi connectivity index (χ4v) is 6.12. The summed E-state index contributed by atoms with van der Waals surface area (Å²) in [5, 5.41) is 12.4. The lowest BCUT2D eigenvalue weighted by molar-refractivity contribution is 0.0697. The summed E-state index contributed by atoms with van der Waals surface area (Å²) in [6.07, 6.45) is 1.90. The molecule has 124 valence electrons. The van der Waals surface area contributed by atoms with Crippen molar-refractivity contribution < 1.29 is 23.1 Å². The Morgan fingerprint density at radius 1 is 1.48 bits per heavy atom. The molecule has 0 spiro atoms. The second kappa shape index (κ2) is 5.21. The van der Waals surface area contributed by atoms with Crippen molar-refractivity contribution in [2.24, 2.45) is 17.8 Å². The molecule has 1 aliphatic heterocycles. The van der Waals surface area contributed by atoms with Gasteiger partial charge in [0.2, 0.25) is 7.01 Å². The molecule has 0 amide bonds. The minimum atomic E-state index is -3.61. The largest absolute Gasteiger partial charge is 0.478 e. The van der Waals surface area contributed by atoms with Crippen LogP contribution < -0.4 is 5.32 Å². The topological polar surface area (TPSA) is 92.7 Å². The summed E-state index contributed by atoms with van der Waals surface area (Å²) in [5.41, 5.74) is 0.240. The number of rotatable bonds is 5. The number of hydrogen-bond donors (Lipinski definition) is 2. The first-order chi connectivity index (χ1) is 10.8. The van der Waals surface area contributed by atoms with Gasteiger partial charge >= 0.3 is 5.97 Å². The summed E-state index contributed by atoms with van der Waals surface area (Å²) in [4.78, 5) is 11.2. The van der Waals surface area contributed by atoms with Crippen molar-refractivity contribution in [2.75, 3.05) is 11.9 Å². The molecule has 2 aliphatic carbocycles. The molecule has 0 bridgehead atoms. The summed E-state index contributed by atoms with van der Waals surface area (Å²) >= 11 is 7.25. The lowest BCUT2D eigenvalue weighted by atomic mass is 10.1. The molecule has 1 aromatic carbocycles. The van der Waals surface area contributed by atoms with Crippen LogP contribution in [0.2, 0.25) is 5.02 Å². The number of hydrogen-bond acceptors (Lipinski definition) is 5. The molecule has 2 saturated carbocycles. The van der Waals surface area contributed by atoms with Crippen LogP contribution in [-0.2, 0) is 11.7 Å². The van der Waals surface area contributed by atoms with Gasteiger partial charge in [-0.05, 0) is 30.4 Å². The Morgan fingerprint density at radius 3 is 2.78 bits per heavy atom. The molecule has 6 nitrogen and oxygen atoms in total. The Kier molecular flexibility index (Phi) is 3.60. The van der Waals surface area contributed by atoms with E-state index in [9.17, 15) is 18.3 Å². The number of benzene rings is 1. The number of aromatic carboxylic acids is 1. The zero-order chi connectivity index (χ0) is 16.5. The van der Waals surface area contributed by atoms with Gasteiger partial charge in [-0.3, -0.25) is 0 Å². The number of carboxylic acid groups (broad SMARTS) is 1. The molecule has 1 aromatic rings. The lowest BCUT2D eigenvalue weighted by Crippen LogP contribution is -2.13. The summed E-state index contributed by atoms with van der Waals surface area (Å²) < 4.78 is 29.1. The quantitative estimate of drug-likeness (QED) is 0.509. The first-order valence-corrected chi connectivity index (χ1v) is 11.6. The Balaban J connectivity index is 1.55. The van der Waals surface area contributed by atoms with E-state index in [1.165, 1.54) is 27.3 Å². The van der Waals surface area contributed by atoms with Crippen LogP contribution in [0.5, 0.6) is 0 Å². The predicted octanol–water partition coefficient (Wildman–Crippen LogP) is 2.61. The lowest BCUT2D eigenvalue weighted by Gasteiger charge is -2.13. The van der Waals surface area contributed by atoms with Crippen LogP contribution >= 0.6 is 32.8 Å². The maximum Gasteiger partial charge on any atom is 0.337 e. The second-order valence-corrected chi connectivity index (χ2v) is 11.4. The number of carboxylic acids is 1. The third-order valence-electron chi connectivity index (χ3n) is 4.85. The van der Waals surface area contributed by atoms with Gasteiger partial charge in [0.1, 0.15) is 0 Å². The molecule has 1 heterocycles. The van der Waals surface area contributed by atoms with Gasteiger partial charge in [0.05, 0.1) is 54.6 Å². The Morgan fingerprint density at radius 2 is 2.22 bits per heavy atom. The van der Waals surface area contributed by atoms with Gasteiger partial charge < -0.3 is 15.2 Å². The first kappa shape index (κ1) is 15.9. The second-order valence-electron chi connectivity index (χ2n) is 6.23. The minimum Gasteiger partial charge on any atom is -0.478 e. The maximum atomic E-state index is 11.7. The summed E-state index contributed by atoms with van der Waals surface area (Å²) in [5.74, 6) is 0.471. The van der Waals surface area contributed by atoms with E-state index in [1.807, 2.05) is 0 Å². The molecule has 5 atom stereocenters. The van der Waals surface area contributed by atoms with Gasteiger partial charge in [-0.15, -0.1) is 0 Å². The van der Waals surface area contributed by atoms with E-state index in [0.29, 0.717) is 42.2 Å². The number of carbonyl (C=O) groups is 1. The van der Waals surface area contributed by atoms with Crippen LogP contribution in [0.4, 0.5) is 5.69 Å². The molecule has 1 saturated heterocycles. The van der Waals surface area contributed by atoms with E-state index in [1.54, 1.807) is 0 Å². The first-order valence-electron chi connectivity index (χ1n) is 7.18. The Bertz CT molecular complexity index is 814. The van der Waals surface area contributed by atoms with Crippen molar-refractivity contribution in [1.82, 2.24) is 0 Å². The van der Waals surface area contributed by atoms with Crippen molar-refractivity contribution >= 4 is 51.5 Å². The molecular formula is C14H13ClINO5S. The van der Waals surface area contributed by atoms with Gasteiger partial charge in [0.25, 0.3) is 0 Å². The van der Waals surface area contributed by atoms with Gasteiger partial charge in [-0.25, -0.2) is 13.2 Å². The summed E-state index contributed by atoms with van der Waals surface area (Å²) in [6.45, 7) is 0.603. The molecule has 9 heteroatoms. The van der Waals surface area contributed by atoms with Gasteiger partial charge in [-0.2, -0.15) is 0 Å². The zero-order valence-electron chi connectivity index (χ0n) is 11.7. The SMILES string of the molecule is O=C(O)c1cc(S(=O)(=O)I)c(Cl)cc1NCC1C2O[C@H]3CC3[C@@H]12. The fourth-order valence-electron chi connectivity index (χ4n) is 3.62. The van der Waals surface area contributed by atoms with Gasteiger partial charge in [-0.1, -0.05) is 11.6 Å². The van der Waals surface area contributed by atoms with Gasteiger partial charge in [0.15, 0.2) is 0 Å². The molecule has 23 heavy (non-hydrogen) atoms. The van der Waals surface area contributed by atoms with E-state index >= 15 is 0 Å². The summed E-state index contributed by atoms with van der Waals surface area (Å²) in [6, 6.07) is 2.48. The number of halogens is 2. The third kappa shape index (κ3) is 2.73. The van der Waals surface area contributed by atoms with E-state index in [2.05, 4.69) is 5.32 Å². The number of nitrogens with one attached hydrogen (secondary N) is 1. The van der Waals surface area contributed by atoms with E-state index in [-0.39, 0.29) is 15.5 Å². The smallest absolute Gasteiger partial charge is 0.337 e. The van der Waals surface area contributed by atoms with Crippen molar-refractivity contribution in [3.8, 4) is 0 Å². The van der Waals surface area contributed by atoms with Crippen molar-refractivity contribution in [2.45, 2.75) is 23.5 Å². The molecule has 4 rings (SSSR count). The zero-order valence-corrected chi connectivity index (χ0v) is 15.4. The van der Waals surface area contributed by atoms with Crippen LogP contribution in [0, 0.1) is 17.8 Å². The van der Waals surface area contributed by atoms with Gasteiger partial charge in [0, 0.05) is 12.5 Å². The highest BCUT2D eigenvalue weighted by molar-refractivity contribution is 14.2. The molecule has 3 unspecified atom stereocenters. The van der Waals surface area contributed by atoms with Crippen LogP contribution in [-0.4, -0.2) is 38.2 Å². The maximum absolute atomic E-state index is 11.7. The molecular weight excluding hydrogens is 457 g/mol. The van der Waals surface area contributed by atoms with E-state index in [4.69, 9.17) is 16.3 Å². The minimum absolute atomic E-state index is 0.0152. The average Bonchev–Trinajstić information content (AvgIpc) is 3.32. The average molecular weight is 470 g/mol. The van der Waals surface area contributed by atoms with E-state index in [0.717, 1.165) is 12.5 Å². The van der Waals surface area contributed by atoms with Crippen LogP contribution in [0.25, 0.3) is 0 Å². The molecule has 2 N–H and O–H groups in total. The monoisotopic (exact) mass is 469 g/mol. The van der Waals surface area contributed by atoms with Crippen LogP contribution in [0.3, 0.4) is 0 Å². The molecule has 0 radical (unpaired) electrons. The summed E-state index contributed by atoms with van der Waals surface area (Å²) in [7, 11) is -3.61. The van der Waals surface area contributed by atoms with Crippen molar-refractivity contribution in [1.29, 1.82) is 0 Å². The highest BCUT2D eigenvalue weighted by atomic mass is 127. The standard InChI is InChI=1S/C14H13ClINO5S/c15-8-3-9(5(14(18)19)2-11(8)23(16,20)21)17-4-7-12-6-1-10(6)22-13(7)12/h2-3,6-7,10,12-13,17H,1,4H2,(H,18,19)/t6?,7?,10-,12-,13?/m0/s1. The van der Waals surface area contributed by atoms with Crippen LogP contribution in [0.15, 0.2) is 17.0 Å². The highest BCUT2D eigenvalue weighted by Gasteiger charge is 2.69. The Labute approximate surface area is 150 Å². The predicted molar refractivity (Wildman–Crippen MR) is 91.9 cm³/mol. The van der Waals surface area contributed by atoms with Crippen molar-refractivity contribution in [3.05, 3.63) is 22.7 Å². The third-order valence-corrected chi connectivity index (χ3v) is 7.56. The highest BCUT2D eigenvalue weighted by Crippen LogP contribution is 2.64. The van der Waals surface area contributed by atoms with Crippen LogP contribution in [0.1, 0.15) is 16.8 Å². The molecule has 0 aromatic heterocycles. The van der Waals surface area contributed by atoms with E-state index < -0.39 is 13.0 Å². The van der Waals surface area contributed by atoms with Crippen molar-refractivity contribution in [3.63, 3.8) is 0 Å².